The summed E-state index contributed by atoms with van der Waals surface area (Å²) < 4.78 is 0. The lowest BCUT2D eigenvalue weighted by molar-refractivity contribution is -0.427. The topological polar surface area (TPSA) is 43.1 Å². The summed E-state index contributed by atoms with van der Waals surface area (Å²) >= 11 is 1.61. The zero-order chi connectivity index (χ0) is 11.4. The van der Waals surface area contributed by atoms with Gasteiger partial charge in [-0.3, -0.25) is 10.1 Å². The van der Waals surface area contributed by atoms with Crippen LogP contribution >= 0.6 is 11.8 Å². The average molecular weight is 235 g/mol. The number of thioether (sulfide) groups is 1. The van der Waals surface area contributed by atoms with E-state index in [1.165, 1.54) is 5.56 Å². The van der Waals surface area contributed by atoms with Gasteiger partial charge in [0.05, 0.1) is 9.83 Å². The molecule has 1 aliphatic rings. The van der Waals surface area contributed by atoms with Crippen molar-refractivity contribution in [3.05, 3.63) is 56.6 Å². The monoisotopic (exact) mass is 235 g/mol. The SMILES string of the molecule is O=[N+]([O-])C1=C(SCc2ccccc2)CCC1. The maximum atomic E-state index is 10.8. The van der Waals surface area contributed by atoms with Crippen LogP contribution < -0.4 is 0 Å². The van der Waals surface area contributed by atoms with Crippen LogP contribution in [0.4, 0.5) is 0 Å². The smallest absolute Gasteiger partial charge is 0.255 e. The molecule has 0 fully saturated rings. The lowest BCUT2D eigenvalue weighted by Gasteiger charge is -2.01. The second-order valence-electron chi connectivity index (χ2n) is 3.75. The molecule has 0 unspecified atom stereocenters. The van der Waals surface area contributed by atoms with E-state index in [9.17, 15) is 10.1 Å². The number of allylic oxidation sites excluding steroid dienone is 2. The molecule has 1 aromatic rings. The number of hydrogen-bond acceptors (Lipinski definition) is 3. The molecule has 16 heavy (non-hydrogen) atoms. The quantitative estimate of drug-likeness (QED) is 0.591. The summed E-state index contributed by atoms with van der Waals surface area (Å²) in [4.78, 5) is 11.5. The second-order valence-corrected chi connectivity index (χ2v) is 4.82. The van der Waals surface area contributed by atoms with E-state index in [-0.39, 0.29) is 4.92 Å². The van der Waals surface area contributed by atoms with Gasteiger partial charge in [-0.2, -0.15) is 0 Å². The molecule has 1 aliphatic carbocycles. The standard InChI is InChI=1S/C12H13NO2S/c14-13(15)11-7-4-8-12(11)16-9-10-5-2-1-3-6-10/h1-3,5-6H,4,7-9H2. The zero-order valence-electron chi connectivity index (χ0n) is 8.89. The van der Waals surface area contributed by atoms with Crippen LogP contribution in [-0.2, 0) is 5.75 Å². The van der Waals surface area contributed by atoms with E-state index < -0.39 is 0 Å². The van der Waals surface area contributed by atoms with Crippen molar-refractivity contribution in [3.63, 3.8) is 0 Å². The van der Waals surface area contributed by atoms with Crippen molar-refractivity contribution in [1.82, 2.24) is 0 Å². The molecule has 0 bridgehead atoms. The average Bonchev–Trinajstić information content (AvgIpc) is 2.76. The molecule has 2 rings (SSSR count). The molecular weight excluding hydrogens is 222 g/mol. The van der Waals surface area contributed by atoms with Gasteiger partial charge >= 0.3 is 0 Å². The highest BCUT2D eigenvalue weighted by Gasteiger charge is 2.24. The first-order chi connectivity index (χ1) is 7.77. The Morgan fingerprint density at radius 2 is 2.00 bits per heavy atom. The van der Waals surface area contributed by atoms with E-state index in [1.54, 1.807) is 11.8 Å². The Morgan fingerprint density at radius 1 is 1.25 bits per heavy atom. The Labute approximate surface area is 98.7 Å². The number of nitrogens with zero attached hydrogens (tertiary/aromatic N) is 1. The van der Waals surface area contributed by atoms with E-state index in [0.29, 0.717) is 12.1 Å². The molecular formula is C12H13NO2S. The van der Waals surface area contributed by atoms with Gasteiger partial charge in [0, 0.05) is 12.2 Å². The second kappa shape index (κ2) is 5.16. The van der Waals surface area contributed by atoms with Crippen LogP contribution in [-0.4, -0.2) is 4.92 Å². The van der Waals surface area contributed by atoms with E-state index in [4.69, 9.17) is 0 Å². The molecule has 0 heterocycles. The highest BCUT2D eigenvalue weighted by Crippen LogP contribution is 2.36. The molecule has 4 heteroatoms. The Kier molecular flexibility index (Phi) is 3.62. The fourth-order valence-electron chi connectivity index (χ4n) is 1.79. The third kappa shape index (κ3) is 2.64. The van der Waals surface area contributed by atoms with Crippen molar-refractivity contribution in [1.29, 1.82) is 0 Å². The largest absolute Gasteiger partial charge is 0.259 e. The maximum Gasteiger partial charge on any atom is 0.255 e. The van der Waals surface area contributed by atoms with Crippen LogP contribution in [0.2, 0.25) is 0 Å². The molecule has 3 nitrogen and oxygen atoms in total. The predicted molar refractivity (Wildman–Crippen MR) is 65.6 cm³/mol. The minimum absolute atomic E-state index is 0.222. The van der Waals surface area contributed by atoms with Gasteiger partial charge in [-0.25, -0.2) is 0 Å². The van der Waals surface area contributed by atoms with Gasteiger partial charge in [-0.1, -0.05) is 30.3 Å². The Bertz CT molecular complexity index is 414. The van der Waals surface area contributed by atoms with Crippen molar-refractivity contribution in [2.75, 3.05) is 0 Å². The van der Waals surface area contributed by atoms with Crippen LogP contribution in [0.1, 0.15) is 24.8 Å². The van der Waals surface area contributed by atoms with Crippen LogP contribution in [0.25, 0.3) is 0 Å². The van der Waals surface area contributed by atoms with Crippen LogP contribution in [0.3, 0.4) is 0 Å². The Morgan fingerprint density at radius 3 is 2.69 bits per heavy atom. The summed E-state index contributed by atoms with van der Waals surface area (Å²) in [5.74, 6) is 0.827. The minimum atomic E-state index is -0.222. The predicted octanol–water partition coefficient (Wildman–Crippen LogP) is 3.59. The summed E-state index contributed by atoms with van der Waals surface area (Å²) in [6.07, 6.45) is 2.42. The molecule has 0 saturated carbocycles. The molecule has 0 aromatic heterocycles. The molecule has 0 aliphatic heterocycles. The maximum absolute atomic E-state index is 10.8. The lowest BCUT2D eigenvalue weighted by Crippen LogP contribution is -1.96. The van der Waals surface area contributed by atoms with Gasteiger partial charge < -0.3 is 0 Å². The van der Waals surface area contributed by atoms with E-state index in [0.717, 1.165) is 23.5 Å². The molecule has 0 N–H and O–H groups in total. The van der Waals surface area contributed by atoms with Crippen molar-refractivity contribution in [2.45, 2.75) is 25.0 Å². The number of rotatable bonds is 4. The first-order valence-corrected chi connectivity index (χ1v) is 6.29. The van der Waals surface area contributed by atoms with Crippen LogP contribution in [0.5, 0.6) is 0 Å². The van der Waals surface area contributed by atoms with Crippen molar-refractivity contribution >= 4 is 11.8 Å². The first-order valence-electron chi connectivity index (χ1n) is 5.30. The van der Waals surface area contributed by atoms with E-state index >= 15 is 0 Å². The summed E-state index contributed by atoms with van der Waals surface area (Å²) in [6.45, 7) is 0. The van der Waals surface area contributed by atoms with Crippen LogP contribution in [0, 0.1) is 10.1 Å². The zero-order valence-corrected chi connectivity index (χ0v) is 9.70. The summed E-state index contributed by atoms with van der Waals surface area (Å²) in [5, 5.41) is 10.8. The van der Waals surface area contributed by atoms with Crippen molar-refractivity contribution in [2.24, 2.45) is 0 Å². The number of nitro groups is 1. The van der Waals surface area contributed by atoms with Crippen molar-refractivity contribution in [3.8, 4) is 0 Å². The third-order valence-corrected chi connectivity index (χ3v) is 3.88. The van der Waals surface area contributed by atoms with Gasteiger partial charge in [-0.15, -0.1) is 11.8 Å². The molecule has 0 radical (unpaired) electrons. The first kappa shape index (κ1) is 11.2. The van der Waals surface area contributed by atoms with Gasteiger partial charge in [0.2, 0.25) is 0 Å². The summed E-state index contributed by atoms with van der Waals surface area (Å²) in [7, 11) is 0. The highest BCUT2D eigenvalue weighted by atomic mass is 32.2. The molecule has 0 saturated heterocycles. The number of hydrogen-bond donors (Lipinski definition) is 0. The van der Waals surface area contributed by atoms with Crippen LogP contribution in [0.15, 0.2) is 40.9 Å². The van der Waals surface area contributed by atoms with Gasteiger partial charge in [0.1, 0.15) is 0 Å². The highest BCUT2D eigenvalue weighted by molar-refractivity contribution is 8.02. The Hall–Kier alpha value is -1.29. The molecule has 0 amide bonds. The van der Waals surface area contributed by atoms with E-state index in [2.05, 4.69) is 0 Å². The number of benzene rings is 1. The van der Waals surface area contributed by atoms with Crippen molar-refractivity contribution < 1.29 is 4.92 Å². The van der Waals surface area contributed by atoms with Gasteiger partial charge in [0.15, 0.2) is 0 Å². The van der Waals surface area contributed by atoms with E-state index in [1.807, 2.05) is 30.3 Å². The molecule has 0 spiro atoms. The third-order valence-electron chi connectivity index (χ3n) is 2.62. The minimum Gasteiger partial charge on any atom is -0.259 e. The fraction of sp³-hybridized carbons (Fsp3) is 0.333. The summed E-state index contributed by atoms with van der Waals surface area (Å²) in [6, 6.07) is 10.1. The lowest BCUT2D eigenvalue weighted by atomic mass is 10.2. The Balaban J connectivity index is 2.00. The summed E-state index contributed by atoms with van der Waals surface area (Å²) in [5.41, 5.74) is 1.65. The fourth-order valence-corrected chi connectivity index (χ4v) is 2.96. The van der Waals surface area contributed by atoms with Gasteiger partial charge in [-0.05, 0) is 18.4 Å². The van der Waals surface area contributed by atoms with Gasteiger partial charge in [0.25, 0.3) is 5.70 Å². The molecule has 1 aromatic carbocycles. The molecule has 84 valence electrons. The molecule has 0 atom stereocenters. The normalized spacial score (nSPS) is 15.5.